The minimum absolute atomic E-state index is 0.534. The van der Waals surface area contributed by atoms with Crippen molar-refractivity contribution in [2.75, 3.05) is 7.05 Å². The molecule has 0 aliphatic carbocycles. The van der Waals surface area contributed by atoms with Gasteiger partial charge < -0.3 is 14.9 Å². The monoisotopic (exact) mass is 189 g/mol. The van der Waals surface area contributed by atoms with Crippen LogP contribution in [0.5, 0.6) is 0 Å². The van der Waals surface area contributed by atoms with E-state index in [-0.39, 0.29) is 0 Å². The number of benzene rings is 1. The fourth-order valence-corrected chi connectivity index (χ4v) is 1.74. The molecule has 4 heteroatoms. The Balaban J connectivity index is 2.44. The van der Waals surface area contributed by atoms with E-state index in [9.17, 15) is 0 Å². The van der Waals surface area contributed by atoms with Crippen molar-refractivity contribution in [3.05, 3.63) is 35.9 Å². The van der Waals surface area contributed by atoms with E-state index in [1.54, 1.807) is 6.07 Å². The van der Waals surface area contributed by atoms with Gasteiger partial charge >= 0.3 is 7.12 Å². The van der Waals surface area contributed by atoms with Gasteiger partial charge in [0.2, 0.25) is 0 Å². The average molecular weight is 189 g/mol. The molecule has 72 valence electrons. The number of hydrogen-bond donors (Lipinski definition) is 2. The molecule has 0 amide bonds. The summed E-state index contributed by atoms with van der Waals surface area (Å²) in [6.07, 6.45) is 0. The third-order valence-electron chi connectivity index (χ3n) is 2.61. The lowest BCUT2D eigenvalue weighted by molar-refractivity contribution is 0.425. The normalized spacial score (nSPS) is 14.5. The Kier molecular flexibility index (Phi) is 2.09. The van der Waals surface area contributed by atoms with Crippen molar-refractivity contribution in [2.45, 2.75) is 6.54 Å². The number of nitrogens with zero attached hydrogens (tertiary/aromatic N) is 1. The highest BCUT2D eigenvalue weighted by Gasteiger charge is 2.21. The lowest BCUT2D eigenvalue weighted by Gasteiger charge is -2.10. The zero-order chi connectivity index (χ0) is 10.3. The highest BCUT2D eigenvalue weighted by atomic mass is 16.4. The third kappa shape index (κ3) is 1.33. The maximum atomic E-state index is 9.01. The molecule has 2 N–H and O–H groups in total. The second-order valence-corrected chi connectivity index (χ2v) is 3.59. The van der Waals surface area contributed by atoms with E-state index in [2.05, 4.69) is 6.58 Å². The standard InChI is InChI=1S/C10H12BNO2/c1-7-10-4-3-9(11(13)14)5-8(10)6-12(7)2/h3-5,13-14H,1,6H2,2H3. The van der Waals surface area contributed by atoms with Crippen molar-refractivity contribution in [2.24, 2.45) is 0 Å². The predicted molar refractivity (Wildman–Crippen MR) is 56.8 cm³/mol. The van der Waals surface area contributed by atoms with Gasteiger partial charge in [0, 0.05) is 24.9 Å². The molecule has 1 aromatic rings. The van der Waals surface area contributed by atoms with Gasteiger partial charge in [0.05, 0.1) is 0 Å². The molecule has 2 rings (SSSR count). The maximum absolute atomic E-state index is 9.01. The van der Waals surface area contributed by atoms with Crippen molar-refractivity contribution in [3.63, 3.8) is 0 Å². The van der Waals surface area contributed by atoms with Crippen molar-refractivity contribution < 1.29 is 10.0 Å². The lowest BCUT2D eigenvalue weighted by atomic mass is 9.79. The molecule has 1 heterocycles. The summed E-state index contributed by atoms with van der Waals surface area (Å²) in [6, 6.07) is 5.42. The van der Waals surface area contributed by atoms with Gasteiger partial charge in [-0.05, 0) is 11.0 Å². The van der Waals surface area contributed by atoms with Crippen LogP contribution in [0.25, 0.3) is 5.70 Å². The average Bonchev–Trinajstić information content (AvgIpc) is 2.42. The van der Waals surface area contributed by atoms with E-state index in [0.29, 0.717) is 5.46 Å². The van der Waals surface area contributed by atoms with Crippen LogP contribution in [0.3, 0.4) is 0 Å². The van der Waals surface area contributed by atoms with Crippen LogP contribution in [-0.4, -0.2) is 29.1 Å². The molecule has 14 heavy (non-hydrogen) atoms. The Labute approximate surface area is 83.4 Å². The summed E-state index contributed by atoms with van der Waals surface area (Å²) in [6.45, 7) is 4.74. The molecule has 3 nitrogen and oxygen atoms in total. The fraction of sp³-hybridized carbons (Fsp3) is 0.200. The second-order valence-electron chi connectivity index (χ2n) is 3.59. The van der Waals surface area contributed by atoms with Crippen LogP contribution in [0.4, 0.5) is 0 Å². The van der Waals surface area contributed by atoms with Gasteiger partial charge in [-0.25, -0.2) is 0 Å². The minimum atomic E-state index is -1.39. The van der Waals surface area contributed by atoms with Gasteiger partial charge in [0.25, 0.3) is 0 Å². The van der Waals surface area contributed by atoms with Gasteiger partial charge in [-0.15, -0.1) is 0 Å². The molecule has 1 aliphatic rings. The molecule has 0 spiro atoms. The van der Waals surface area contributed by atoms with Gasteiger partial charge in [-0.3, -0.25) is 0 Å². The molecular weight excluding hydrogens is 177 g/mol. The summed E-state index contributed by atoms with van der Waals surface area (Å²) in [5.41, 5.74) is 3.71. The summed E-state index contributed by atoms with van der Waals surface area (Å²) >= 11 is 0. The molecule has 0 unspecified atom stereocenters. The summed E-state index contributed by atoms with van der Waals surface area (Å²) in [5.74, 6) is 0. The Hall–Kier alpha value is -1.26. The zero-order valence-corrected chi connectivity index (χ0v) is 8.07. The van der Waals surface area contributed by atoms with Crippen LogP contribution in [0.1, 0.15) is 11.1 Å². The molecule has 0 bridgehead atoms. The topological polar surface area (TPSA) is 43.7 Å². The van der Waals surface area contributed by atoms with Crippen molar-refractivity contribution >= 4 is 18.3 Å². The number of fused-ring (bicyclic) bond motifs is 1. The smallest absolute Gasteiger partial charge is 0.423 e. The fourth-order valence-electron chi connectivity index (χ4n) is 1.74. The number of hydrogen-bond acceptors (Lipinski definition) is 3. The molecule has 0 radical (unpaired) electrons. The Morgan fingerprint density at radius 2 is 2.14 bits per heavy atom. The summed E-state index contributed by atoms with van der Waals surface area (Å²) < 4.78 is 0. The first kappa shape index (κ1) is 9.31. The zero-order valence-electron chi connectivity index (χ0n) is 8.07. The molecule has 1 aromatic carbocycles. The van der Waals surface area contributed by atoms with E-state index < -0.39 is 7.12 Å². The summed E-state index contributed by atoms with van der Waals surface area (Å²) in [4.78, 5) is 2.04. The second kappa shape index (κ2) is 3.15. The first-order valence-electron chi connectivity index (χ1n) is 4.49. The van der Waals surface area contributed by atoms with Crippen LogP contribution in [0.15, 0.2) is 24.8 Å². The highest BCUT2D eigenvalue weighted by molar-refractivity contribution is 6.58. The van der Waals surface area contributed by atoms with Crippen molar-refractivity contribution in [1.82, 2.24) is 4.90 Å². The minimum Gasteiger partial charge on any atom is -0.423 e. The quantitative estimate of drug-likeness (QED) is 0.600. The van der Waals surface area contributed by atoms with E-state index in [4.69, 9.17) is 10.0 Å². The van der Waals surface area contributed by atoms with Crippen molar-refractivity contribution in [3.8, 4) is 0 Å². The Morgan fingerprint density at radius 3 is 2.79 bits per heavy atom. The van der Waals surface area contributed by atoms with E-state index in [0.717, 1.165) is 23.4 Å². The van der Waals surface area contributed by atoms with Crippen LogP contribution in [0.2, 0.25) is 0 Å². The molecule has 0 atom stereocenters. The van der Waals surface area contributed by atoms with Gasteiger partial charge in [0.15, 0.2) is 0 Å². The Bertz CT molecular complexity index is 390. The molecule has 1 aliphatic heterocycles. The lowest BCUT2D eigenvalue weighted by Crippen LogP contribution is -2.29. The predicted octanol–water partition coefficient (Wildman–Crippen LogP) is -0.218. The molecule has 0 saturated carbocycles. The maximum Gasteiger partial charge on any atom is 0.488 e. The van der Waals surface area contributed by atoms with E-state index >= 15 is 0 Å². The molecule has 0 aromatic heterocycles. The van der Waals surface area contributed by atoms with Crippen molar-refractivity contribution in [1.29, 1.82) is 0 Å². The van der Waals surface area contributed by atoms with E-state index in [1.807, 2.05) is 24.1 Å². The number of rotatable bonds is 1. The van der Waals surface area contributed by atoms with Crippen LogP contribution < -0.4 is 5.46 Å². The van der Waals surface area contributed by atoms with Gasteiger partial charge in [0.1, 0.15) is 0 Å². The molecular formula is C10H12BNO2. The van der Waals surface area contributed by atoms with Crippen LogP contribution >= 0.6 is 0 Å². The largest absolute Gasteiger partial charge is 0.488 e. The summed E-state index contributed by atoms with van der Waals surface area (Å²) in [7, 11) is 0.580. The van der Waals surface area contributed by atoms with Gasteiger partial charge in [-0.1, -0.05) is 24.8 Å². The van der Waals surface area contributed by atoms with Crippen LogP contribution in [-0.2, 0) is 6.54 Å². The van der Waals surface area contributed by atoms with E-state index in [1.165, 1.54) is 0 Å². The molecule has 0 fully saturated rings. The van der Waals surface area contributed by atoms with Crippen LogP contribution in [0, 0.1) is 0 Å². The first-order chi connectivity index (χ1) is 6.59. The van der Waals surface area contributed by atoms with Gasteiger partial charge in [-0.2, -0.15) is 0 Å². The SMILES string of the molecule is C=C1c2ccc(B(O)O)cc2CN1C. The highest BCUT2D eigenvalue weighted by Crippen LogP contribution is 2.28. The Morgan fingerprint density at radius 1 is 1.43 bits per heavy atom. The third-order valence-corrected chi connectivity index (χ3v) is 2.61. The molecule has 0 saturated heterocycles. The first-order valence-corrected chi connectivity index (χ1v) is 4.49. The summed E-state index contributed by atoms with van der Waals surface area (Å²) in [5, 5.41) is 18.0.